The molecule has 3 heterocycles. The first-order valence-electron chi connectivity index (χ1n) is 7.19. The molecule has 9 heteroatoms. The van der Waals surface area contributed by atoms with Crippen molar-refractivity contribution in [2.75, 3.05) is 37.4 Å². The van der Waals surface area contributed by atoms with Crippen LogP contribution in [-0.4, -0.2) is 56.5 Å². The molecule has 0 aromatic carbocycles. The minimum absolute atomic E-state index is 0.253. The minimum atomic E-state index is -3.16. The van der Waals surface area contributed by atoms with Gasteiger partial charge in [0, 0.05) is 13.2 Å². The van der Waals surface area contributed by atoms with Crippen LogP contribution in [0.25, 0.3) is 0 Å². The summed E-state index contributed by atoms with van der Waals surface area (Å²) in [7, 11) is -3.16. The topological polar surface area (TPSA) is 84.4 Å². The lowest BCUT2D eigenvalue weighted by atomic mass is 9.79. The first-order chi connectivity index (χ1) is 10.4. The van der Waals surface area contributed by atoms with Crippen LogP contribution in [0.1, 0.15) is 12.8 Å². The Hall–Kier alpha value is -1.32. The van der Waals surface area contributed by atoms with Crippen molar-refractivity contribution in [1.82, 2.24) is 14.7 Å². The number of hydrogen-bond acceptors (Lipinski definition) is 6. The van der Waals surface area contributed by atoms with Crippen molar-refractivity contribution >= 4 is 16.0 Å². The molecule has 1 aromatic heterocycles. The van der Waals surface area contributed by atoms with E-state index in [0.717, 1.165) is 31.5 Å². The number of hydrogen-bond donors (Lipinski definition) is 1. The van der Waals surface area contributed by atoms with Crippen molar-refractivity contribution in [3.8, 4) is 0 Å². The van der Waals surface area contributed by atoms with Gasteiger partial charge in [-0.25, -0.2) is 27.5 Å². The average Bonchev–Trinajstić information content (AvgIpc) is 2.80. The molecule has 7 nitrogen and oxygen atoms in total. The van der Waals surface area contributed by atoms with E-state index in [0.29, 0.717) is 38.1 Å². The Kier molecular flexibility index (Phi) is 4.04. The number of anilines is 1. The molecule has 1 spiro atoms. The third kappa shape index (κ3) is 3.21. The standard InChI is InChI=1S/C13H19FN4O3S/c1-22(19,20)17-4-2-10-3-5-21-13(10)8-18(9-13)12-15-6-11(14)7-16-12/h6-7,10,17H,2-5,8-9H2,1H3. The molecule has 22 heavy (non-hydrogen) atoms. The molecule has 0 radical (unpaired) electrons. The fourth-order valence-corrected chi connectivity index (χ4v) is 3.66. The minimum Gasteiger partial charge on any atom is -0.371 e. The van der Waals surface area contributed by atoms with Crippen molar-refractivity contribution in [1.29, 1.82) is 0 Å². The smallest absolute Gasteiger partial charge is 0.225 e. The summed E-state index contributed by atoms with van der Waals surface area (Å²) in [5.41, 5.74) is -0.253. The predicted octanol–water partition coefficient (Wildman–Crippen LogP) is 0.150. The highest BCUT2D eigenvalue weighted by atomic mass is 32.2. The molecule has 0 aliphatic carbocycles. The van der Waals surface area contributed by atoms with Crippen LogP contribution in [0.2, 0.25) is 0 Å². The lowest BCUT2D eigenvalue weighted by molar-refractivity contribution is -0.0457. The number of nitrogens with one attached hydrogen (secondary N) is 1. The molecule has 2 aliphatic heterocycles. The molecular weight excluding hydrogens is 311 g/mol. The van der Waals surface area contributed by atoms with Crippen molar-refractivity contribution in [2.45, 2.75) is 18.4 Å². The van der Waals surface area contributed by atoms with E-state index in [-0.39, 0.29) is 5.60 Å². The summed E-state index contributed by atoms with van der Waals surface area (Å²) in [5.74, 6) is 0.342. The van der Waals surface area contributed by atoms with Crippen LogP contribution in [0.3, 0.4) is 0 Å². The van der Waals surface area contributed by atoms with Gasteiger partial charge in [0.2, 0.25) is 16.0 Å². The van der Waals surface area contributed by atoms with Gasteiger partial charge in [-0.05, 0) is 18.8 Å². The number of sulfonamides is 1. The van der Waals surface area contributed by atoms with Gasteiger partial charge < -0.3 is 9.64 Å². The lowest BCUT2D eigenvalue weighted by Crippen LogP contribution is -2.65. The van der Waals surface area contributed by atoms with Crippen LogP contribution in [-0.2, 0) is 14.8 Å². The van der Waals surface area contributed by atoms with E-state index < -0.39 is 15.8 Å². The first-order valence-corrected chi connectivity index (χ1v) is 9.08. The van der Waals surface area contributed by atoms with Crippen molar-refractivity contribution in [3.63, 3.8) is 0 Å². The maximum absolute atomic E-state index is 12.8. The maximum atomic E-state index is 12.8. The Balaban J connectivity index is 1.57. The van der Waals surface area contributed by atoms with Gasteiger partial charge in [0.25, 0.3) is 0 Å². The average molecular weight is 330 g/mol. The zero-order chi connectivity index (χ0) is 15.8. The third-order valence-corrected chi connectivity index (χ3v) is 4.99. The van der Waals surface area contributed by atoms with E-state index in [1.54, 1.807) is 0 Å². The Morgan fingerprint density at radius 1 is 1.45 bits per heavy atom. The number of nitrogens with zero attached hydrogens (tertiary/aromatic N) is 3. The number of aromatic nitrogens is 2. The summed E-state index contributed by atoms with van der Waals surface area (Å²) in [6, 6.07) is 0. The monoisotopic (exact) mass is 330 g/mol. The zero-order valence-corrected chi connectivity index (χ0v) is 13.1. The largest absolute Gasteiger partial charge is 0.371 e. The van der Waals surface area contributed by atoms with Crippen molar-refractivity contribution in [3.05, 3.63) is 18.2 Å². The van der Waals surface area contributed by atoms with Crippen molar-refractivity contribution < 1.29 is 17.5 Å². The van der Waals surface area contributed by atoms with E-state index >= 15 is 0 Å². The Morgan fingerprint density at radius 2 is 2.14 bits per heavy atom. The van der Waals surface area contributed by atoms with E-state index in [2.05, 4.69) is 14.7 Å². The van der Waals surface area contributed by atoms with Crippen LogP contribution < -0.4 is 9.62 Å². The van der Waals surface area contributed by atoms with Gasteiger partial charge in [-0.1, -0.05) is 0 Å². The molecule has 0 amide bonds. The van der Waals surface area contributed by atoms with Crippen LogP contribution >= 0.6 is 0 Å². The van der Waals surface area contributed by atoms with Crippen LogP contribution in [0.15, 0.2) is 12.4 Å². The first kappa shape index (κ1) is 15.6. The molecule has 1 atom stereocenters. The molecule has 1 unspecified atom stereocenters. The second-order valence-corrected chi connectivity index (χ2v) is 7.74. The maximum Gasteiger partial charge on any atom is 0.225 e. The second kappa shape index (κ2) is 5.71. The molecule has 0 saturated carbocycles. The fraction of sp³-hybridized carbons (Fsp3) is 0.692. The molecular formula is C13H19FN4O3S. The van der Waals surface area contributed by atoms with Gasteiger partial charge in [0.05, 0.1) is 31.7 Å². The Morgan fingerprint density at radius 3 is 2.77 bits per heavy atom. The summed E-state index contributed by atoms with van der Waals surface area (Å²) in [6.07, 6.45) is 5.12. The summed E-state index contributed by atoms with van der Waals surface area (Å²) in [4.78, 5) is 9.88. The normalized spacial score (nSPS) is 23.7. The van der Waals surface area contributed by atoms with Gasteiger partial charge >= 0.3 is 0 Å². The van der Waals surface area contributed by atoms with E-state index in [9.17, 15) is 12.8 Å². The second-order valence-electron chi connectivity index (χ2n) is 5.91. The number of rotatable bonds is 5. The third-order valence-electron chi connectivity index (χ3n) is 4.26. The summed E-state index contributed by atoms with van der Waals surface area (Å²) >= 11 is 0. The molecule has 3 rings (SSSR count). The number of halogens is 1. The lowest BCUT2D eigenvalue weighted by Gasteiger charge is -2.50. The highest BCUT2D eigenvalue weighted by Gasteiger charge is 2.53. The van der Waals surface area contributed by atoms with Crippen LogP contribution in [0.4, 0.5) is 10.3 Å². The van der Waals surface area contributed by atoms with Gasteiger partial charge in [0.15, 0.2) is 5.82 Å². The van der Waals surface area contributed by atoms with E-state index in [1.807, 2.05) is 4.90 Å². The van der Waals surface area contributed by atoms with Gasteiger partial charge in [-0.3, -0.25) is 0 Å². The molecule has 2 aliphatic rings. The van der Waals surface area contributed by atoms with Crippen molar-refractivity contribution in [2.24, 2.45) is 5.92 Å². The Labute approximate surface area is 128 Å². The van der Waals surface area contributed by atoms with Crippen LogP contribution in [0, 0.1) is 11.7 Å². The van der Waals surface area contributed by atoms with E-state index in [1.165, 1.54) is 0 Å². The molecule has 0 bridgehead atoms. The fourth-order valence-electron chi connectivity index (χ4n) is 3.17. The highest BCUT2D eigenvalue weighted by Crippen LogP contribution is 2.42. The quantitative estimate of drug-likeness (QED) is 0.827. The molecule has 1 aromatic rings. The molecule has 1 N–H and O–H groups in total. The number of ether oxygens (including phenoxy) is 1. The SMILES string of the molecule is CS(=O)(=O)NCCC1CCOC12CN(c1ncc(F)cn1)C2. The van der Waals surface area contributed by atoms with E-state index in [4.69, 9.17) is 4.74 Å². The zero-order valence-electron chi connectivity index (χ0n) is 12.3. The van der Waals surface area contributed by atoms with Gasteiger partial charge in [-0.15, -0.1) is 0 Å². The van der Waals surface area contributed by atoms with Crippen LogP contribution in [0.5, 0.6) is 0 Å². The predicted molar refractivity (Wildman–Crippen MR) is 78.5 cm³/mol. The van der Waals surface area contributed by atoms with Gasteiger partial charge in [-0.2, -0.15) is 0 Å². The molecule has 122 valence electrons. The summed E-state index contributed by atoms with van der Waals surface area (Å²) in [6.45, 7) is 2.41. The Bertz CT molecular complexity index is 631. The summed E-state index contributed by atoms with van der Waals surface area (Å²) in [5, 5.41) is 0. The molecule has 2 saturated heterocycles. The summed E-state index contributed by atoms with van der Waals surface area (Å²) < 4.78 is 43.5. The molecule has 2 fully saturated rings. The van der Waals surface area contributed by atoms with Gasteiger partial charge in [0.1, 0.15) is 5.60 Å². The highest BCUT2D eigenvalue weighted by molar-refractivity contribution is 7.88.